The van der Waals surface area contributed by atoms with Crippen LogP contribution in [-0.4, -0.2) is 43.3 Å². The third-order valence-corrected chi connectivity index (χ3v) is 4.05. The van der Waals surface area contributed by atoms with Crippen molar-refractivity contribution in [1.82, 2.24) is 4.98 Å². The lowest BCUT2D eigenvalue weighted by Gasteiger charge is -2.22. The van der Waals surface area contributed by atoms with Crippen LogP contribution in [0.3, 0.4) is 0 Å². The number of rotatable bonds is 6. The second-order valence-corrected chi connectivity index (χ2v) is 5.54. The van der Waals surface area contributed by atoms with Crippen LogP contribution in [0, 0.1) is 0 Å². The van der Waals surface area contributed by atoms with E-state index in [1.807, 2.05) is 26.0 Å². The van der Waals surface area contributed by atoms with Crippen LogP contribution in [0.4, 0.5) is 0 Å². The van der Waals surface area contributed by atoms with Crippen molar-refractivity contribution in [3.05, 3.63) is 53.2 Å². The number of hydrogen-bond acceptors (Lipinski definition) is 6. The molecule has 2 aromatic rings. The Morgan fingerprint density at radius 3 is 2.81 bits per heavy atom. The Labute approximate surface area is 159 Å². The molecule has 0 radical (unpaired) electrons. The number of nitrogens with zero attached hydrogens (tertiary/aromatic N) is 1. The van der Waals surface area contributed by atoms with Gasteiger partial charge in [0.2, 0.25) is 5.88 Å². The fourth-order valence-electron chi connectivity index (χ4n) is 2.81. The molecule has 0 amide bonds. The Morgan fingerprint density at radius 1 is 1.26 bits per heavy atom. The molecule has 0 fully saturated rings. The van der Waals surface area contributed by atoms with E-state index in [-0.39, 0.29) is 17.9 Å². The normalized spacial score (nSPS) is 13.4. The molecule has 1 aliphatic rings. The van der Waals surface area contributed by atoms with Gasteiger partial charge in [0.1, 0.15) is 18.1 Å². The quantitative estimate of drug-likeness (QED) is 0.776. The van der Waals surface area contributed by atoms with Crippen molar-refractivity contribution in [1.29, 1.82) is 0 Å². The van der Waals surface area contributed by atoms with Crippen molar-refractivity contribution < 1.29 is 24.1 Å². The van der Waals surface area contributed by atoms with Crippen LogP contribution in [0.25, 0.3) is 5.57 Å². The maximum atomic E-state index is 11.2. The van der Waals surface area contributed by atoms with E-state index in [0.29, 0.717) is 31.1 Å². The lowest BCUT2D eigenvalue weighted by Crippen LogP contribution is -2.17. The SMILES string of the molecule is CC.COc1ncccc1C1=C(COc2cccc(O)c2C=O)COCC1. The monoisotopic (exact) mass is 371 g/mol. The molecule has 2 heterocycles. The van der Waals surface area contributed by atoms with Crippen molar-refractivity contribution in [3.63, 3.8) is 0 Å². The molecule has 0 saturated carbocycles. The molecule has 1 aromatic carbocycles. The summed E-state index contributed by atoms with van der Waals surface area (Å²) >= 11 is 0. The van der Waals surface area contributed by atoms with Gasteiger partial charge in [0, 0.05) is 11.8 Å². The van der Waals surface area contributed by atoms with Crippen molar-refractivity contribution >= 4 is 11.9 Å². The van der Waals surface area contributed by atoms with E-state index >= 15 is 0 Å². The van der Waals surface area contributed by atoms with Crippen LogP contribution in [0.15, 0.2) is 42.1 Å². The van der Waals surface area contributed by atoms with Crippen molar-refractivity contribution in [2.45, 2.75) is 20.3 Å². The van der Waals surface area contributed by atoms with Gasteiger partial charge in [-0.3, -0.25) is 4.79 Å². The highest BCUT2D eigenvalue weighted by Gasteiger charge is 2.19. The molecule has 0 atom stereocenters. The van der Waals surface area contributed by atoms with E-state index in [9.17, 15) is 9.90 Å². The first-order valence-corrected chi connectivity index (χ1v) is 8.92. The summed E-state index contributed by atoms with van der Waals surface area (Å²) in [5, 5.41) is 9.75. The van der Waals surface area contributed by atoms with E-state index in [1.54, 1.807) is 25.4 Å². The second-order valence-electron chi connectivity index (χ2n) is 5.54. The lowest BCUT2D eigenvalue weighted by molar-refractivity contribution is 0.111. The molecule has 0 aliphatic carbocycles. The lowest BCUT2D eigenvalue weighted by atomic mass is 9.97. The zero-order chi connectivity index (χ0) is 19.6. The molecule has 6 nitrogen and oxygen atoms in total. The number of ether oxygens (including phenoxy) is 3. The number of hydrogen-bond donors (Lipinski definition) is 1. The van der Waals surface area contributed by atoms with E-state index in [2.05, 4.69) is 4.98 Å². The summed E-state index contributed by atoms with van der Waals surface area (Å²) in [6.45, 7) is 5.29. The molecular formula is C21H25NO5. The number of pyridine rings is 1. The van der Waals surface area contributed by atoms with Crippen molar-refractivity contribution in [2.75, 3.05) is 26.9 Å². The first-order chi connectivity index (χ1) is 13.2. The van der Waals surface area contributed by atoms with Gasteiger partial charge >= 0.3 is 0 Å². The van der Waals surface area contributed by atoms with E-state index < -0.39 is 0 Å². The van der Waals surface area contributed by atoms with Crippen LogP contribution in [0.2, 0.25) is 0 Å². The number of methoxy groups -OCH3 is 1. The summed E-state index contributed by atoms with van der Waals surface area (Å²) in [7, 11) is 1.59. The van der Waals surface area contributed by atoms with Gasteiger partial charge in [-0.2, -0.15) is 0 Å². The predicted molar refractivity (Wildman–Crippen MR) is 103 cm³/mol. The molecule has 1 N–H and O–H groups in total. The maximum absolute atomic E-state index is 11.2. The van der Waals surface area contributed by atoms with Crippen LogP contribution in [-0.2, 0) is 4.74 Å². The van der Waals surface area contributed by atoms with E-state index in [1.165, 1.54) is 6.07 Å². The highest BCUT2D eigenvalue weighted by Crippen LogP contribution is 2.32. The van der Waals surface area contributed by atoms with Gasteiger partial charge in [-0.1, -0.05) is 19.9 Å². The first kappa shape index (κ1) is 20.5. The molecular weight excluding hydrogens is 346 g/mol. The topological polar surface area (TPSA) is 77.9 Å². The highest BCUT2D eigenvalue weighted by atomic mass is 16.5. The van der Waals surface area contributed by atoms with Gasteiger partial charge in [0.05, 0.1) is 25.9 Å². The van der Waals surface area contributed by atoms with Gasteiger partial charge in [-0.05, 0) is 41.8 Å². The smallest absolute Gasteiger partial charge is 0.220 e. The Morgan fingerprint density at radius 2 is 2.07 bits per heavy atom. The molecule has 144 valence electrons. The zero-order valence-corrected chi connectivity index (χ0v) is 15.9. The molecule has 0 spiro atoms. The molecule has 3 rings (SSSR count). The third-order valence-electron chi connectivity index (χ3n) is 4.05. The average molecular weight is 371 g/mol. The highest BCUT2D eigenvalue weighted by molar-refractivity contribution is 5.83. The molecule has 0 bridgehead atoms. The number of carbonyl (C=O) groups excluding carboxylic acids is 1. The third kappa shape index (κ3) is 4.86. The minimum Gasteiger partial charge on any atom is -0.507 e. The van der Waals surface area contributed by atoms with Gasteiger partial charge < -0.3 is 19.3 Å². The standard InChI is InChI=1S/C19H19NO5.C2H6/c1-23-19-15(4-3-8-20-19)14-7-9-24-11-13(14)12-25-18-6-2-5-17(22)16(18)10-21;1-2/h2-6,8,10,22H,7,9,11-12H2,1H3;1-2H3. The second kappa shape index (κ2) is 10.3. The summed E-state index contributed by atoms with van der Waals surface area (Å²) in [4.78, 5) is 15.4. The summed E-state index contributed by atoms with van der Waals surface area (Å²) in [6.07, 6.45) is 2.99. The number of benzene rings is 1. The maximum Gasteiger partial charge on any atom is 0.220 e. The number of carbonyl (C=O) groups is 1. The summed E-state index contributed by atoms with van der Waals surface area (Å²) < 4.78 is 16.7. The Kier molecular flexibility index (Phi) is 7.82. The van der Waals surface area contributed by atoms with Crippen LogP contribution < -0.4 is 9.47 Å². The largest absolute Gasteiger partial charge is 0.507 e. The number of phenolic OH excluding ortho intramolecular Hbond substituents is 1. The molecule has 0 saturated heterocycles. The first-order valence-electron chi connectivity index (χ1n) is 8.92. The summed E-state index contributed by atoms with van der Waals surface area (Å²) in [6, 6.07) is 8.55. The minimum absolute atomic E-state index is 0.101. The number of aromatic nitrogens is 1. The predicted octanol–water partition coefficient (Wildman–Crippen LogP) is 3.89. The van der Waals surface area contributed by atoms with Crippen LogP contribution in [0.5, 0.6) is 17.4 Å². The number of aromatic hydroxyl groups is 1. The fourth-order valence-corrected chi connectivity index (χ4v) is 2.81. The molecule has 1 aliphatic heterocycles. The van der Waals surface area contributed by atoms with Crippen LogP contribution in [0.1, 0.15) is 36.2 Å². The molecule has 1 aromatic heterocycles. The van der Waals surface area contributed by atoms with Crippen molar-refractivity contribution in [3.8, 4) is 17.4 Å². The minimum atomic E-state index is -0.101. The van der Waals surface area contributed by atoms with Gasteiger partial charge in [-0.15, -0.1) is 0 Å². The van der Waals surface area contributed by atoms with Crippen molar-refractivity contribution in [2.24, 2.45) is 0 Å². The number of aldehydes is 1. The number of phenols is 1. The van der Waals surface area contributed by atoms with Crippen LogP contribution >= 0.6 is 0 Å². The Hall–Kier alpha value is -2.86. The molecule has 27 heavy (non-hydrogen) atoms. The van der Waals surface area contributed by atoms with E-state index in [4.69, 9.17) is 14.2 Å². The van der Waals surface area contributed by atoms with Gasteiger partial charge in [-0.25, -0.2) is 4.98 Å². The average Bonchev–Trinajstić information content (AvgIpc) is 2.74. The Bertz CT molecular complexity index is 801. The summed E-state index contributed by atoms with van der Waals surface area (Å²) in [5.74, 6) is 0.795. The van der Waals surface area contributed by atoms with Gasteiger partial charge in [0.25, 0.3) is 0 Å². The molecule has 6 heteroatoms. The zero-order valence-electron chi connectivity index (χ0n) is 15.9. The Balaban J connectivity index is 0.00000126. The fraction of sp³-hybridized carbons (Fsp3) is 0.333. The van der Waals surface area contributed by atoms with E-state index in [0.717, 1.165) is 23.1 Å². The van der Waals surface area contributed by atoms with Gasteiger partial charge in [0.15, 0.2) is 6.29 Å². The molecule has 0 unspecified atom stereocenters. The summed E-state index contributed by atoms with van der Waals surface area (Å²) in [5.41, 5.74) is 3.08.